The summed E-state index contributed by atoms with van der Waals surface area (Å²) < 4.78 is 5.36. The number of methoxy groups -OCH3 is 1. The van der Waals surface area contributed by atoms with Crippen LogP contribution in [0.3, 0.4) is 0 Å². The van der Waals surface area contributed by atoms with E-state index in [4.69, 9.17) is 22.1 Å². The van der Waals surface area contributed by atoms with E-state index < -0.39 is 6.10 Å². The molecule has 1 aliphatic rings. The highest BCUT2D eigenvalue weighted by atomic mass is 35.5. The number of rotatable bonds is 3. The Bertz CT molecular complexity index is 434. The highest BCUT2D eigenvalue weighted by Gasteiger charge is 2.22. The number of aliphatic hydroxyl groups excluding tert-OH is 1. The first kappa shape index (κ1) is 13.7. The van der Waals surface area contributed by atoms with Crippen molar-refractivity contribution in [3.63, 3.8) is 0 Å². The third kappa shape index (κ3) is 2.48. The minimum absolute atomic E-state index is 0.172. The van der Waals surface area contributed by atoms with Crippen LogP contribution in [0.4, 0.5) is 0 Å². The van der Waals surface area contributed by atoms with Gasteiger partial charge in [0, 0.05) is 12.1 Å². The van der Waals surface area contributed by atoms with Crippen molar-refractivity contribution >= 4 is 11.6 Å². The number of fused-ring (bicyclic) bond motifs is 1. The molecular weight excluding hydrogens is 250 g/mol. The number of nitrogens with two attached hydrogens (primary N) is 1. The molecule has 0 amide bonds. The van der Waals surface area contributed by atoms with E-state index in [-0.39, 0.29) is 6.54 Å². The highest BCUT2D eigenvalue weighted by Crippen LogP contribution is 2.39. The Morgan fingerprint density at radius 1 is 1.39 bits per heavy atom. The molecule has 2 rings (SSSR count). The smallest absolute Gasteiger partial charge is 0.143 e. The van der Waals surface area contributed by atoms with Gasteiger partial charge in [-0.15, -0.1) is 0 Å². The molecule has 0 aliphatic heterocycles. The predicted molar refractivity (Wildman–Crippen MR) is 73.3 cm³/mol. The van der Waals surface area contributed by atoms with Gasteiger partial charge in [-0.2, -0.15) is 0 Å². The molecule has 0 aromatic heterocycles. The van der Waals surface area contributed by atoms with Crippen LogP contribution in [0.25, 0.3) is 0 Å². The fourth-order valence-electron chi connectivity index (χ4n) is 2.61. The van der Waals surface area contributed by atoms with E-state index in [1.54, 1.807) is 7.11 Å². The lowest BCUT2D eigenvalue weighted by molar-refractivity contribution is 0.182. The first-order chi connectivity index (χ1) is 8.69. The van der Waals surface area contributed by atoms with Crippen LogP contribution in [-0.4, -0.2) is 18.8 Å². The van der Waals surface area contributed by atoms with Crippen molar-refractivity contribution in [3.05, 3.63) is 27.8 Å². The lowest BCUT2D eigenvalue weighted by Crippen LogP contribution is -2.14. The van der Waals surface area contributed by atoms with E-state index in [2.05, 4.69) is 0 Å². The largest absolute Gasteiger partial charge is 0.495 e. The molecule has 0 bridgehead atoms. The van der Waals surface area contributed by atoms with Crippen molar-refractivity contribution in [3.8, 4) is 5.75 Å². The molecule has 0 fully saturated rings. The number of benzene rings is 1. The quantitative estimate of drug-likeness (QED) is 0.830. The van der Waals surface area contributed by atoms with Gasteiger partial charge in [0.25, 0.3) is 0 Å². The van der Waals surface area contributed by atoms with E-state index >= 15 is 0 Å². The van der Waals surface area contributed by atoms with Gasteiger partial charge in [0.1, 0.15) is 5.75 Å². The fourth-order valence-corrected chi connectivity index (χ4v) is 3.02. The topological polar surface area (TPSA) is 55.5 Å². The van der Waals surface area contributed by atoms with E-state index in [1.165, 1.54) is 24.0 Å². The molecule has 3 N–H and O–H groups in total. The van der Waals surface area contributed by atoms with E-state index in [0.717, 1.165) is 19.3 Å². The third-order valence-electron chi connectivity index (χ3n) is 3.60. The van der Waals surface area contributed by atoms with Gasteiger partial charge in [-0.05, 0) is 42.9 Å². The fraction of sp³-hybridized carbons (Fsp3) is 0.571. The Balaban J connectivity index is 2.54. The number of hydrogen-bond acceptors (Lipinski definition) is 3. The van der Waals surface area contributed by atoms with Gasteiger partial charge in [-0.3, -0.25) is 0 Å². The van der Waals surface area contributed by atoms with Crippen LogP contribution in [-0.2, 0) is 12.8 Å². The first-order valence-electron chi connectivity index (χ1n) is 6.45. The van der Waals surface area contributed by atoms with Gasteiger partial charge in [-0.25, -0.2) is 0 Å². The van der Waals surface area contributed by atoms with Gasteiger partial charge in [-0.1, -0.05) is 18.0 Å². The van der Waals surface area contributed by atoms with Gasteiger partial charge < -0.3 is 15.6 Å². The lowest BCUT2D eigenvalue weighted by Gasteiger charge is -2.19. The molecule has 0 heterocycles. The molecule has 100 valence electrons. The molecule has 0 spiro atoms. The van der Waals surface area contributed by atoms with Crippen LogP contribution in [0.5, 0.6) is 5.75 Å². The normalized spacial score (nSPS) is 16.9. The lowest BCUT2D eigenvalue weighted by atomic mass is 9.96. The zero-order valence-corrected chi connectivity index (χ0v) is 11.5. The summed E-state index contributed by atoms with van der Waals surface area (Å²) >= 11 is 6.43. The van der Waals surface area contributed by atoms with Crippen LogP contribution in [0.15, 0.2) is 6.07 Å². The standard InChI is InChI=1S/C14H20ClNO2/c1-18-14-11(12(17)8-16)7-9-5-3-2-4-6-10(9)13(14)15/h7,12,17H,2-6,8,16H2,1H3. The molecule has 1 aromatic carbocycles. The van der Waals surface area contributed by atoms with E-state index in [9.17, 15) is 5.11 Å². The molecular formula is C14H20ClNO2. The summed E-state index contributed by atoms with van der Waals surface area (Å²) in [5.74, 6) is 0.579. The average molecular weight is 270 g/mol. The Kier molecular flexibility index (Phi) is 4.49. The highest BCUT2D eigenvalue weighted by molar-refractivity contribution is 6.33. The summed E-state index contributed by atoms with van der Waals surface area (Å²) in [6, 6.07) is 2.02. The van der Waals surface area contributed by atoms with Crippen LogP contribution in [0, 0.1) is 0 Å². The Morgan fingerprint density at radius 2 is 2.11 bits per heavy atom. The molecule has 1 aromatic rings. The molecule has 1 aliphatic carbocycles. The summed E-state index contributed by atoms with van der Waals surface area (Å²) in [6.07, 6.45) is 4.85. The molecule has 0 saturated carbocycles. The summed E-state index contributed by atoms with van der Waals surface area (Å²) in [6.45, 7) is 0.172. The van der Waals surface area contributed by atoms with Crippen molar-refractivity contribution in [2.75, 3.05) is 13.7 Å². The average Bonchev–Trinajstić information content (AvgIpc) is 2.63. The summed E-state index contributed by atoms with van der Waals surface area (Å²) in [7, 11) is 1.58. The van der Waals surface area contributed by atoms with Gasteiger partial charge in [0.15, 0.2) is 0 Å². The molecule has 3 nitrogen and oxygen atoms in total. The number of aryl methyl sites for hydroxylation is 1. The zero-order valence-electron chi connectivity index (χ0n) is 10.7. The maximum Gasteiger partial charge on any atom is 0.143 e. The molecule has 0 saturated heterocycles. The predicted octanol–water partition coefficient (Wildman–Crippen LogP) is 2.61. The third-order valence-corrected chi connectivity index (χ3v) is 4.00. The summed E-state index contributed by atoms with van der Waals surface area (Å²) in [4.78, 5) is 0. The van der Waals surface area contributed by atoms with Crippen LogP contribution in [0.1, 0.15) is 42.1 Å². The number of hydrogen-bond donors (Lipinski definition) is 2. The second-order valence-electron chi connectivity index (χ2n) is 4.76. The molecule has 4 heteroatoms. The summed E-state index contributed by atoms with van der Waals surface area (Å²) in [5, 5.41) is 10.6. The number of halogens is 1. The van der Waals surface area contributed by atoms with Crippen molar-refractivity contribution in [2.45, 2.75) is 38.2 Å². The number of ether oxygens (including phenoxy) is 1. The molecule has 1 unspecified atom stereocenters. The van der Waals surface area contributed by atoms with Gasteiger partial charge in [0.05, 0.1) is 18.2 Å². The summed E-state index contributed by atoms with van der Waals surface area (Å²) in [5.41, 5.74) is 8.67. The first-order valence-corrected chi connectivity index (χ1v) is 6.83. The van der Waals surface area contributed by atoms with Gasteiger partial charge in [0.2, 0.25) is 0 Å². The molecule has 18 heavy (non-hydrogen) atoms. The van der Waals surface area contributed by atoms with Crippen LogP contribution in [0.2, 0.25) is 5.02 Å². The van der Waals surface area contributed by atoms with Crippen LogP contribution < -0.4 is 10.5 Å². The molecule has 0 radical (unpaired) electrons. The SMILES string of the molecule is COc1c(C(O)CN)cc2c(c1Cl)CCCCC2. The second-order valence-corrected chi connectivity index (χ2v) is 5.14. The van der Waals surface area contributed by atoms with Crippen LogP contribution >= 0.6 is 11.6 Å². The number of aliphatic hydroxyl groups is 1. The monoisotopic (exact) mass is 269 g/mol. The minimum Gasteiger partial charge on any atom is -0.495 e. The van der Waals surface area contributed by atoms with E-state index in [0.29, 0.717) is 16.3 Å². The van der Waals surface area contributed by atoms with E-state index in [1.807, 2.05) is 6.07 Å². The van der Waals surface area contributed by atoms with Crippen molar-refractivity contribution in [2.24, 2.45) is 5.73 Å². The Morgan fingerprint density at radius 3 is 2.78 bits per heavy atom. The Hall–Kier alpha value is -0.770. The minimum atomic E-state index is -0.717. The maximum absolute atomic E-state index is 9.97. The molecule has 1 atom stereocenters. The van der Waals surface area contributed by atoms with Crippen molar-refractivity contribution in [1.29, 1.82) is 0 Å². The second kappa shape index (κ2) is 5.91. The zero-order chi connectivity index (χ0) is 13.1. The van der Waals surface area contributed by atoms with Gasteiger partial charge >= 0.3 is 0 Å². The Labute approximate surface area is 113 Å². The maximum atomic E-state index is 9.97. The van der Waals surface area contributed by atoms with Crippen molar-refractivity contribution < 1.29 is 9.84 Å². The van der Waals surface area contributed by atoms with Crippen molar-refractivity contribution in [1.82, 2.24) is 0 Å².